The third-order valence-corrected chi connectivity index (χ3v) is 6.40. The van der Waals surface area contributed by atoms with Crippen LogP contribution in [0.5, 0.6) is 0 Å². The summed E-state index contributed by atoms with van der Waals surface area (Å²) >= 11 is 2.93. The number of carbonyl (C=O) groups excluding carboxylic acids is 2. The van der Waals surface area contributed by atoms with Crippen LogP contribution in [0.4, 0.5) is 0 Å². The van der Waals surface area contributed by atoms with Crippen LogP contribution >= 0.6 is 22.7 Å². The molecule has 144 valence electrons. The molecule has 4 aromatic rings. The number of ketones is 1. The molecule has 2 heterocycles. The highest BCUT2D eigenvalue weighted by Gasteiger charge is 2.22. The topological polar surface area (TPSA) is 46.2 Å². The second-order valence-corrected chi connectivity index (χ2v) is 8.53. The molecule has 0 radical (unpaired) electrons. The van der Waals surface area contributed by atoms with Gasteiger partial charge in [0.1, 0.15) is 0 Å². The minimum Gasteiger partial charge on any atom is -0.350 e. The summed E-state index contributed by atoms with van der Waals surface area (Å²) in [6, 6.07) is 25.1. The molecule has 1 N–H and O–H groups in total. The van der Waals surface area contributed by atoms with Crippen molar-refractivity contribution in [2.75, 3.05) is 0 Å². The van der Waals surface area contributed by atoms with Gasteiger partial charge >= 0.3 is 0 Å². The number of carbonyl (C=O) groups is 2. The van der Waals surface area contributed by atoms with Crippen molar-refractivity contribution in [1.82, 2.24) is 5.32 Å². The Morgan fingerprint density at radius 3 is 2.07 bits per heavy atom. The standard InChI is InChI=1S/C24H19NO2S2/c26-23(19-13-14-28-16-19)21-12-11-20(29-21)15-25-24(27)22(17-7-3-1-4-8-17)18-9-5-2-6-10-18/h1-14,16,22H,15H2,(H,25,27). The maximum Gasteiger partial charge on any atom is 0.232 e. The van der Waals surface area contributed by atoms with Crippen molar-refractivity contribution in [2.24, 2.45) is 0 Å². The minimum absolute atomic E-state index is 0.0280. The summed E-state index contributed by atoms with van der Waals surface area (Å²) in [5.74, 6) is -0.397. The van der Waals surface area contributed by atoms with E-state index >= 15 is 0 Å². The van der Waals surface area contributed by atoms with Gasteiger partial charge in [0.15, 0.2) is 0 Å². The van der Waals surface area contributed by atoms with Crippen LogP contribution in [0.15, 0.2) is 89.6 Å². The van der Waals surface area contributed by atoms with E-state index in [1.165, 1.54) is 22.7 Å². The Morgan fingerprint density at radius 1 is 0.828 bits per heavy atom. The first kappa shape index (κ1) is 19.3. The minimum atomic E-state index is -0.371. The molecule has 0 aliphatic heterocycles. The number of rotatable bonds is 7. The predicted molar refractivity (Wildman–Crippen MR) is 119 cm³/mol. The van der Waals surface area contributed by atoms with Gasteiger partial charge in [-0.3, -0.25) is 9.59 Å². The van der Waals surface area contributed by atoms with Crippen LogP contribution in [0.2, 0.25) is 0 Å². The molecule has 0 unspecified atom stereocenters. The van der Waals surface area contributed by atoms with Crippen molar-refractivity contribution in [2.45, 2.75) is 12.5 Å². The molecule has 2 aromatic heterocycles. The van der Waals surface area contributed by atoms with E-state index in [9.17, 15) is 9.59 Å². The second kappa shape index (κ2) is 8.99. The van der Waals surface area contributed by atoms with Gasteiger partial charge in [-0.25, -0.2) is 0 Å². The van der Waals surface area contributed by atoms with Gasteiger partial charge in [-0.05, 0) is 34.7 Å². The molecule has 3 nitrogen and oxygen atoms in total. The van der Waals surface area contributed by atoms with Gasteiger partial charge in [0.2, 0.25) is 11.7 Å². The zero-order valence-corrected chi connectivity index (χ0v) is 17.2. The molecule has 1 amide bonds. The first-order valence-corrected chi connectivity index (χ1v) is 11.0. The normalized spacial score (nSPS) is 10.8. The molecule has 29 heavy (non-hydrogen) atoms. The highest BCUT2D eigenvalue weighted by Crippen LogP contribution is 2.26. The van der Waals surface area contributed by atoms with Gasteiger partial charge in [-0.1, -0.05) is 60.7 Å². The lowest BCUT2D eigenvalue weighted by molar-refractivity contribution is -0.121. The van der Waals surface area contributed by atoms with Gasteiger partial charge in [-0.2, -0.15) is 11.3 Å². The molecule has 5 heteroatoms. The van der Waals surface area contributed by atoms with Crippen molar-refractivity contribution in [3.8, 4) is 0 Å². The van der Waals surface area contributed by atoms with Crippen molar-refractivity contribution in [3.63, 3.8) is 0 Å². The maximum absolute atomic E-state index is 13.1. The molecular weight excluding hydrogens is 398 g/mol. The molecule has 0 aliphatic rings. The average Bonchev–Trinajstić information content (AvgIpc) is 3.46. The summed E-state index contributed by atoms with van der Waals surface area (Å²) in [7, 11) is 0. The van der Waals surface area contributed by atoms with Crippen LogP contribution in [-0.2, 0) is 11.3 Å². The monoisotopic (exact) mass is 417 g/mol. The summed E-state index contributed by atoms with van der Waals surface area (Å²) in [6.45, 7) is 0.399. The summed E-state index contributed by atoms with van der Waals surface area (Å²) in [5, 5.41) is 6.80. The fourth-order valence-electron chi connectivity index (χ4n) is 3.19. The summed E-state index contributed by atoms with van der Waals surface area (Å²) in [6.07, 6.45) is 0. The Bertz CT molecular complexity index is 1050. The molecule has 0 saturated carbocycles. The van der Waals surface area contributed by atoms with Crippen molar-refractivity contribution in [1.29, 1.82) is 0 Å². The molecule has 0 aliphatic carbocycles. The van der Waals surface area contributed by atoms with Crippen molar-refractivity contribution >= 4 is 34.4 Å². The lowest BCUT2D eigenvalue weighted by Crippen LogP contribution is -2.29. The van der Waals surface area contributed by atoms with Gasteiger partial charge in [0.05, 0.1) is 17.3 Å². The number of hydrogen-bond acceptors (Lipinski definition) is 4. The van der Waals surface area contributed by atoms with Crippen molar-refractivity contribution < 1.29 is 9.59 Å². The van der Waals surface area contributed by atoms with Crippen LogP contribution in [-0.4, -0.2) is 11.7 Å². The van der Waals surface area contributed by atoms with E-state index in [0.29, 0.717) is 17.0 Å². The first-order chi connectivity index (χ1) is 14.2. The number of hydrogen-bond donors (Lipinski definition) is 1. The van der Waals surface area contributed by atoms with E-state index in [1.54, 1.807) is 0 Å². The molecule has 0 atom stereocenters. The zero-order valence-electron chi connectivity index (χ0n) is 15.6. The van der Waals surface area contributed by atoms with E-state index in [0.717, 1.165) is 16.0 Å². The van der Waals surface area contributed by atoms with Crippen LogP contribution in [0.1, 0.15) is 37.2 Å². The van der Waals surface area contributed by atoms with Gasteiger partial charge in [-0.15, -0.1) is 11.3 Å². The second-order valence-electron chi connectivity index (χ2n) is 6.58. The van der Waals surface area contributed by atoms with E-state index in [2.05, 4.69) is 5.32 Å². The molecule has 2 aromatic carbocycles. The smallest absolute Gasteiger partial charge is 0.232 e. The highest BCUT2D eigenvalue weighted by atomic mass is 32.1. The Morgan fingerprint density at radius 2 is 1.48 bits per heavy atom. The Hall–Kier alpha value is -3.02. The Labute approximate surface area is 177 Å². The number of amides is 1. The maximum atomic E-state index is 13.1. The van der Waals surface area contributed by atoms with Gasteiger partial charge < -0.3 is 5.32 Å². The van der Waals surface area contributed by atoms with Crippen molar-refractivity contribution in [3.05, 3.63) is 116 Å². The van der Waals surface area contributed by atoms with E-state index in [-0.39, 0.29) is 17.6 Å². The van der Waals surface area contributed by atoms with Gasteiger partial charge in [0, 0.05) is 15.8 Å². The van der Waals surface area contributed by atoms with Crippen LogP contribution in [0, 0.1) is 0 Å². The van der Waals surface area contributed by atoms with Crippen LogP contribution in [0.3, 0.4) is 0 Å². The zero-order chi connectivity index (χ0) is 20.1. The molecule has 0 fully saturated rings. The fourth-order valence-corrected chi connectivity index (χ4v) is 4.74. The molecule has 0 saturated heterocycles. The fraction of sp³-hybridized carbons (Fsp3) is 0.0833. The molecule has 4 rings (SSSR count). The van der Waals surface area contributed by atoms with E-state index in [4.69, 9.17) is 0 Å². The Kier molecular flexibility index (Phi) is 5.98. The summed E-state index contributed by atoms with van der Waals surface area (Å²) < 4.78 is 0. The number of benzene rings is 2. The molecule has 0 bridgehead atoms. The largest absolute Gasteiger partial charge is 0.350 e. The third-order valence-electron chi connectivity index (χ3n) is 4.63. The van der Waals surface area contributed by atoms with E-state index < -0.39 is 0 Å². The first-order valence-electron chi connectivity index (χ1n) is 9.25. The SMILES string of the molecule is O=C(c1ccsc1)c1ccc(CNC(=O)C(c2ccccc2)c2ccccc2)s1. The van der Waals surface area contributed by atoms with E-state index in [1.807, 2.05) is 89.6 Å². The third kappa shape index (κ3) is 4.53. The summed E-state index contributed by atoms with van der Waals surface area (Å²) in [4.78, 5) is 27.2. The van der Waals surface area contributed by atoms with Crippen LogP contribution in [0.25, 0.3) is 0 Å². The number of thiophene rings is 2. The number of nitrogens with one attached hydrogen (secondary N) is 1. The summed E-state index contributed by atoms with van der Waals surface area (Å²) in [5.41, 5.74) is 2.62. The van der Waals surface area contributed by atoms with Crippen LogP contribution < -0.4 is 5.32 Å². The lowest BCUT2D eigenvalue weighted by Gasteiger charge is -2.17. The van der Waals surface area contributed by atoms with Gasteiger partial charge in [0.25, 0.3) is 0 Å². The molecule has 0 spiro atoms. The Balaban J connectivity index is 1.48. The lowest BCUT2D eigenvalue weighted by atomic mass is 9.90. The predicted octanol–water partition coefficient (Wildman–Crippen LogP) is 5.49. The quantitative estimate of drug-likeness (QED) is 0.404. The average molecular weight is 418 g/mol. The molecular formula is C24H19NO2S2. The highest BCUT2D eigenvalue weighted by molar-refractivity contribution is 7.14.